The summed E-state index contributed by atoms with van der Waals surface area (Å²) in [5.41, 5.74) is 0.480. The van der Waals surface area contributed by atoms with Crippen molar-refractivity contribution in [2.75, 3.05) is 0 Å². The predicted molar refractivity (Wildman–Crippen MR) is 71.7 cm³/mol. The summed E-state index contributed by atoms with van der Waals surface area (Å²) in [7, 11) is 0. The molecule has 0 bridgehead atoms. The first-order chi connectivity index (χ1) is 8.63. The number of carbonyl (C=O) groups is 1. The second kappa shape index (κ2) is 7.75. The smallest absolute Gasteiger partial charge is 0.338 e. The van der Waals surface area contributed by atoms with Crippen molar-refractivity contribution in [3.63, 3.8) is 0 Å². The molecule has 18 heavy (non-hydrogen) atoms. The van der Waals surface area contributed by atoms with Crippen LogP contribution in [-0.2, 0) is 4.74 Å². The standard InChI is InChI=1S/C15H22O3/c1-3-4-5-6-7-12(2)18-15(17)13-8-10-14(16)11-9-13/h8-12,16H,3-7H2,1-2H3/t12-/m0/s1. The number of hydrogen-bond acceptors (Lipinski definition) is 3. The first-order valence-electron chi connectivity index (χ1n) is 6.63. The molecule has 1 aromatic carbocycles. The van der Waals surface area contributed by atoms with Gasteiger partial charge in [-0.15, -0.1) is 0 Å². The molecule has 1 atom stereocenters. The van der Waals surface area contributed by atoms with Crippen molar-refractivity contribution in [1.82, 2.24) is 0 Å². The molecule has 1 N–H and O–H groups in total. The topological polar surface area (TPSA) is 46.5 Å². The maximum atomic E-state index is 11.8. The number of unbranched alkanes of at least 4 members (excludes halogenated alkanes) is 3. The summed E-state index contributed by atoms with van der Waals surface area (Å²) >= 11 is 0. The molecular formula is C15H22O3. The number of ether oxygens (including phenoxy) is 1. The zero-order chi connectivity index (χ0) is 13.4. The van der Waals surface area contributed by atoms with Crippen LogP contribution in [0.4, 0.5) is 0 Å². The van der Waals surface area contributed by atoms with Gasteiger partial charge in [-0.3, -0.25) is 0 Å². The van der Waals surface area contributed by atoms with Crippen molar-refractivity contribution >= 4 is 5.97 Å². The van der Waals surface area contributed by atoms with Crippen molar-refractivity contribution in [1.29, 1.82) is 0 Å². The minimum absolute atomic E-state index is 0.0526. The molecule has 0 heterocycles. The molecule has 0 saturated carbocycles. The van der Waals surface area contributed by atoms with Crippen LogP contribution in [0.15, 0.2) is 24.3 Å². The van der Waals surface area contributed by atoms with Crippen LogP contribution in [0, 0.1) is 0 Å². The van der Waals surface area contributed by atoms with Crippen LogP contribution >= 0.6 is 0 Å². The van der Waals surface area contributed by atoms with Crippen molar-refractivity contribution in [3.8, 4) is 5.75 Å². The molecule has 0 fully saturated rings. The van der Waals surface area contributed by atoms with E-state index in [1.807, 2.05) is 6.92 Å². The lowest BCUT2D eigenvalue weighted by molar-refractivity contribution is 0.0319. The lowest BCUT2D eigenvalue weighted by Crippen LogP contribution is -2.14. The quantitative estimate of drug-likeness (QED) is 0.589. The van der Waals surface area contributed by atoms with Crippen LogP contribution in [0.5, 0.6) is 5.75 Å². The van der Waals surface area contributed by atoms with Gasteiger partial charge in [0.15, 0.2) is 0 Å². The molecule has 0 spiro atoms. The molecule has 1 aromatic rings. The van der Waals surface area contributed by atoms with Crippen molar-refractivity contribution in [2.24, 2.45) is 0 Å². The highest BCUT2D eigenvalue weighted by atomic mass is 16.5. The Morgan fingerprint density at radius 1 is 1.22 bits per heavy atom. The molecule has 0 unspecified atom stereocenters. The van der Waals surface area contributed by atoms with Crippen LogP contribution in [0.1, 0.15) is 56.3 Å². The van der Waals surface area contributed by atoms with E-state index in [9.17, 15) is 4.79 Å². The second-order valence-corrected chi connectivity index (χ2v) is 4.61. The lowest BCUT2D eigenvalue weighted by Gasteiger charge is -2.13. The first kappa shape index (κ1) is 14.6. The zero-order valence-corrected chi connectivity index (χ0v) is 11.2. The van der Waals surface area contributed by atoms with Crippen LogP contribution in [0.25, 0.3) is 0 Å². The Labute approximate surface area is 109 Å². The predicted octanol–water partition coefficient (Wildman–Crippen LogP) is 3.91. The largest absolute Gasteiger partial charge is 0.508 e. The van der Waals surface area contributed by atoms with Gasteiger partial charge in [0.25, 0.3) is 0 Å². The van der Waals surface area contributed by atoms with Gasteiger partial charge < -0.3 is 9.84 Å². The lowest BCUT2D eigenvalue weighted by atomic mass is 10.1. The molecule has 100 valence electrons. The Hall–Kier alpha value is -1.51. The highest BCUT2D eigenvalue weighted by Crippen LogP contribution is 2.13. The van der Waals surface area contributed by atoms with Gasteiger partial charge in [-0.25, -0.2) is 4.79 Å². The average molecular weight is 250 g/mol. The molecule has 0 saturated heterocycles. The molecule has 1 rings (SSSR count). The van der Waals surface area contributed by atoms with E-state index in [-0.39, 0.29) is 17.8 Å². The van der Waals surface area contributed by atoms with Crippen molar-refractivity contribution < 1.29 is 14.6 Å². The number of rotatable bonds is 7. The third-order valence-electron chi connectivity index (χ3n) is 2.88. The van der Waals surface area contributed by atoms with Crippen molar-refractivity contribution in [3.05, 3.63) is 29.8 Å². The zero-order valence-electron chi connectivity index (χ0n) is 11.2. The van der Waals surface area contributed by atoms with Crippen molar-refractivity contribution in [2.45, 2.75) is 52.1 Å². The van der Waals surface area contributed by atoms with E-state index >= 15 is 0 Å². The fraction of sp³-hybridized carbons (Fsp3) is 0.533. The summed E-state index contributed by atoms with van der Waals surface area (Å²) in [6.07, 6.45) is 5.59. The molecule has 0 aliphatic carbocycles. The first-order valence-corrected chi connectivity index (χ1v) is 6.63. The molecule has 0 aliphatic heterocycles. The minimum atomic E-state index is -0.321. The van der Waals surface area contributed by atoms with Gasteiger partial charge in [0, 0.05) is 0 Å². The highest BCUT2D eigenvalue weighted by Gasteiger charge is 2.11. The summed E-state index contributed by atoms with van der Waals surface area (Å²) in [6.45, 7) is 4.10. The normalized spacial score (nSPS) is 12.1. The van der Waals surface area contributed by atoms with E-state index in [1.54, 1.807) is 12.1 Å². The molecular weight excluding hydrogens is 228 g/mol. The average Bonchev–Trinajstić information content (AvgIpc) is 2.35. The number of carbonyl (C=O) groups excluding carboxylic acids is 1. The van der Waals surface area contributed by atoms with Gasteiger partial charge >= 0.3 is 5.97 Å². The Bertz CT molecular complexity index is 357. The van der Waals surface area contributed by atoms with E-state index in [1.165, 1.54) is 31.4 Å². The Morgan fingerprint density at radius 3 is 2.50 bits per heavy atom. The van der Waals surface area contributed by atoms with Gasteiger partial charge in [-0.2, -0.15) is 0 Å². The summed E-state index contributed by atoms with van der Waals surface area (Å²) in [4.78, 5) is 11.8. The number of benzene rings is 1. The van der Waals surface area contributed by atoms with Gasteiger partial charge in [-0.1, -0.05) is 26.2 Å². The molecule has 0 amide bonds. The molecule has 3 nitrogen and oxygen atoms in total. The van der Waals surface area contributed by atoms with Crippen LogP contribution in [0.3, 0.4) is 0 Å². The molecule has 0 aliphatic rings. The fourth-order valence-corrected chi connectivity index (χ4v) is 1.77. The summed E-state index contributed by atoms with van der Waals surface area (Å²) in [5, 5.41) is 9.13. The van der Waals surface area contributed by atoms with Gasteiger partial charge in [0.1, 0.15) is 5.75 Å². The monoisotopic (exact) mass is 250 g/mol. The molecule has 3 heteroatoms. The Balaban J connectivity index is 2.33. The summed E-state index contributed by atoms with van der Waals surface area (Å²) in [5.74, 6) is -0.169. The number of phenols is 1. The van der Waals surface area contributed by atoms with Gasteiger partial charge in [-0.05, 0) is 44.0 Å². The van der Waals surface area contributed by atoms with Crippen LogP contribution in [-0.4, -0.2) is 17.2 Å². The van der Waals surface area contributed by atoms with E-state index in [0.717, 1.165) is 12.8 Å². The number of aromatic hydroxyl groups is 1. The highest BCUT2D eigenvalue weighted by molar-refractivity contribution is 5.89. The molecule has 0 radical (unpaired) electrons. The minimum Gasteiger partial charge on any atom is -0.508 e. The van der Waals surface area contributed by atoms with E-state index in [0.29, 0.717) is 5.56 Å². The third-order valence-corrected chi connectivity index (χ3v) is 2.88. The van der Waals surface area contributed by atoms with Gasteiger partial charge in [0.2, 0.25) is 0 Å². The second-order valence-electron chi connectivity index (χ2n) is 4.61. The van der Waals surface area contributed by atoms with Crippen LogP contribution < -0.4 is 0 Å². The SMILES string of the molecule is CCCCCC[C@H](C)OC(=O)c1ccc(O)cc1. The Morgan fingerprint density at radius 2 is 1.89 bits per heavy atom. The van der Waals surface area contributed by atoms with E-state index in [4.69, 9.17) is 9.84 Å². The number of esters is 1. The summed E-state index contributed by atoms with van der Waals surface area (Å²) in [6, 6.07) is 6.12. The van der Waals surface area contributed by atoms with Crippen LogP contribution in [0.2, 0.25) is 0 Å². The van der Waals surface area contributed by atoms with Gasteiger partial charge in [0.05, 0.1) is 11.7 Å². The maximum absolute atomic E-state index is 11.8. The van der Waals surface area contributed by atoms with E-state index in [2.05, 4.69) is 6.92 Å². The maximum Gasteiger partial charge on any atom is 0.338 e. The fourth-order valence-electron chi connectivity index (χ4n) is 1.77. The number of phenolic OH excluding ortho intramolecular Hbond substituents is 1. The third kappa shape index (κ3) is 5.21. The van der Waals surface area contributed by atoms with E-state index < -0.39 is 0 Å². The summed E-state index contributed by atoms with van der Waals surface area (Å²) < 4.78 is 5.34. The molecule has 0 aromatic heterocycles. The number of hydrogen-bond donors (Lipinski definition) is 1. The Kier molecular flexibility index (Phi) is 6.26.